The van der Waals surface area contributed by atoms with Crippen molar-refractivity contribution in [2.75, 3.05) is 13.2 Å². The van der Waals surface area contributed by atoms with Crippen molar-refractivity contribution in [2.24, 2.45) is 0 Å². The van der Waals surface area contributed by atoms with E-state index in [1.54, 1.807) is 0 Å². The molecule has 0 fully saturated rings. The van der Waals surface area contributed by atoms with Crippen molar-refractivity contribution in [1.82, 2.24) is 0 Å². The Morgan fingerprint density at radius 1 is 0.273 bits per heavy atom. The summed E-state index contributed by atoms with van der Waals surface area (Å²) in [7, 11) is 0. The molecular formula is C71H122O6. The summed E-state index contributed by atoms with van der Waals surface area (Å²) >= 11 is 0. The van der Waals surface area contributed by atoms with Crippen LogP contribution in [0.5, 0.6) is 0 Å². The molecule has 0 amide bonds. The summed E-state index contributed by atoms with van der Waals surface area (Å²) in [5, 5.41) is 0. The standard InChI is InChI=1S/C71H122O6/c1-4-7-10-13-16-19-22-25-28-30-32-33-34-35-36-37-39-40-43-46-49-52-55-58-61-64-70(73)76-67-68(66-75-69(72)63-60-57-54-51-48-45-42-27-24-21-18-15-12-9-6-3)77-71(74)65-62-59-56-53-50-47-44-41-38-31-29-26-23-20-17-14-11-8-5-2/h8,11,17,20,22,25-26,29-30,32,34-35,38,41,47,50,68H,4-7,9-10,12-16,18-19,21,23-24,27-28,31,33,36-37,39-40,42-46,48-49,51-67H2,1-3H3/b11-8-,20-17-,25-22-,29-26-,32-30-,35-34-,41-38-,50-47-. The van der Waals surface area contributed by atoms with Crippen LogP contribution in [0.15, 0.2) is 97.2 Å². The molecule has 0 rings (SSSR count). The molecule has 0 aliphatic rings. The van der Waals surface area contributed by atoms with E-state index < -0.39 is 6.10 Å². The highest BCUT2D eigenvalue weighted by molar-refractivity contribution is 5.71. The van der Waals surface area contributed by atoms with Gasteiger partial charge >= 0.3 is 17.9 Å². The van der Waals surface area contributed by atoms with Crippen LogP contribution in [-0.2, 0) is 28.6 Å². The van der Waals surface area contributed by atoms with E-state index in [1.165, 1.54) is 167 Å². The van der Waals surface area contributed by atoms with E-state index in [0.29, 0.717) is 12.8 Å². The molecule has 77 heavy (non-hydrogen) atoms. The summed E-state index contributed by atoms with van der Waals surface area (Å²) in [5.74, 6) is -0.914. The van der Waals surface area contributed by atoms with E-state index in [9.17, 15) is 14.4 Å². The van der Waals surface area contributed by atoms with Gasteiger partial charge in [-0.1, -0.05) is 291 Å². The number of rotatable bonds is 59. The number of carbonyl (C=O) groups excluding carboxylic acids is 3. The predicted molar refractivity (Wildman–Crippen MR) is 334 cm³/mol. The minimum Gasteiger partial charge on any atom is -0.462 e. The third kappa shape index (κ3) is 63.0. The summed E-state index contributed by atoms with van der Waals surface area (Å²) in [6.07, 6.45) is 87.0. The molecule has 1 atom stereocenters. The van der Waals surface area contributed by atoms with Gasteiger partial charge in [-0.2, -0.15) is 0 Å². The van der Waals surface area contributed by atoms with Gasteiger partial charge in [-0.25, -0.2) is 0 Å². The Morgan fingerprint density at radius 3 is 0.805 bits per heavy atom. The van der Waals surface area contributed by atoms with E-state index in [-0.39, 0.29) is 37.5 Å². The lowest BCUT2D eigenvalue weighted by molar-refractivity contribution is -0.167. The number of carbonyl (C=O) groups is 3. The molecule has 442 valence electrons. The second-order valence-corrected chi connectivity index (χ2v) is 21.6. The van der Waals surface area contributed by atoms with Crippen molar-refractivity contribution >= 4 is 17.9 Å². The number of hydrogen-bond acceptors (Lipinski definition) is 6. The Kier molecular flexibility index (Phi) is 61.8. The monoisotopic (exact) mass is 1070 g/mol. The normalized spacial score (nSPS) is 12.7. The Morgan fingerprint density at radius 2 is 0.506 bits per heavy atom. The van der Waals surface area contributed by atoms with E-state index >= 15 is 0 Å². The smallest absolute Gasteiger partial charge is 0.306 e. The van der Waals surface area contributed by atoms with Gasteiger partial charge in [0.15, 0.2) is 6.10 Å². The van der Waals surface area contributed by atoms with Gasteiger partial charge < -0.3 is 14.2 Å². The zero-order valence-corrected chi connectivity index (χ0v) is 50.7. The zero-order valence-electron chi connectivity index (χ0n) is 50.7. The molecular weight excluding hydrogens is 949 g/mol. The lowest BCUT2D eigenvalue weighted by Crippen LogP contribution is -2.30. The molecule has 0 aliphatic heterocycles. The molecule has 0 spiro atoms. The second-order valence-electron chi connectivity index (χ2n) is 21.6. The van der Waals surface area contributed by atoms with Crippen molar-refractivity contribution in [3.63, 3.8) is 0 Å². The fraction of sp³-hybridized carbons (Fsp3) is 0.732. The van der Waals surface area contributed by atoms with E-state index in [2.05, 4.69) is 118 Å². The van der Waals surface area contributed by atoms with Gasteiger partial charge in [0.25, 0.3) is 0 Å². The van der Waals surface area contributed by atoms with Crippen LogP contribution < -0.4 is 0 Å². The number of allylic oxidation sites excluding steroid dienone is 16. The summed E-state index contributed by atoms with van der Waals surface area (Å²) in [6, 6.07) is 0. The van der Waals surface area contributed by atoms with Crippen LogP contribution in [0, 0.1) is 0 Å². The van der Waals surface area contributed by atoms with Crippen molar-refractivity contribution < 1.29 is 28.6 Å². The number of esters is 3. The maximum Gasteiger partial charge on any atom is 0.306 e. The van der Waals surface area contributed by atoms with Crippen LogP contribution >= 0.6 is 0 Å². The van der Waals surface area contributed by atoms with Crippen LogP contribution in [0.3, 0.4) is 0 Å². The molecule has 0 saturated carbocycles. The quantitative estimate of drug-likeness (QED) is 0.0261. The molecule has 0 bridgehead atoms. The highest BCUT2D eigenvalue weighted by atomic mass is 16.6. The van der Waals surface area contributed by atoms with E-state index in [0.717, 1.165) is 109 Å². The number of ether oxygens (including phenoxy) is 3. The molecule has 6 nitrogen and oxygen atoms in total. The topological polar surface area (TPSA) is 78.9 Å². The average molecular weight is 1070 g/mol. The molecule has 0 aliphatic carbocycles. The Hall–Kier alpha value is -3.67. The molecule has 1 unspecified atom stereocenters. The van der Waals surface area contributed by atoms with Crippen molar-refractivity contribution in [3.8, 4) is 0 Å². The van der Waals surface area contributed by atoms with E-state index in [4.69, 9.17) is 14.2 Å². The maximum atomic E-state index is 12.9. The molecule has 0 N–H and O–H groups in total. The summed E-state index contributed by atoms with van der Waals surface area (Å²) in [6.45, 7) is 6.52. The Labute approximate surface area is 477 Å². The first-order valence-electron chi connectivity index (χ1n) is 32.7. The zero-order chi connectivity index (χ0) is 55.7. The first kappa shape index (κ1) is 73.3. The number of unbranched alkanes of at least 4 members (excludes halogenated alkanes) is 32. The third-order valence-corrected chi connectivity index (χ3v) is 14.1. The van der Waals surface area contributed by atoms with Crippen molar-refractivity contribution in [2.45, 2.75) is 322 Å². The molecule has 0 aromatic carbocycles. The fourth-order valence-electron chi connectivity index (χ4n) is 9.18. The minimum absolute atomic E-state index is 0.0899. The molecule has 0 aromatic rings. The summed E-state index contributed by atoms with van der Waals surface area (Å²) < 4.78 is 16.9. The van der Waals surface area contributed by atoms with Crippen LogP contribution in [0.2, 0.25) is 0 Å². The predicted octanol–water partition coefficient (Wildman–Crippen LogP) is 22.4. The Balaban J connectivity index is 4.39. The number of hydrogen-bond donors (Lipinski definition) is 0. The van der Waals surface area contributed by atoms with Gasteiger partial charge in [0, 0.05) is 19.3 Å². The SMILES string of the molecule is CC/C=C\C/C=C\C/C=C\C/C=C\C/C=C\CCCCCC(=O)OC(COC(=O)CCCCCCCCCCCC/C=C\C/C=C\C/C=C\CCCCCCC)COC(=O)CCCCCCCCCCCCCCCCC. The highest BCUT2D eigenvalue weighted by Crippen LogP contribution is 2.16. The van der Waals surface area contributed by atoms with Gasteiger partial charge in [0.1, 0.15) is 13.2 Å². The van der Waals surface area contributed by atoms with Crippen molar-refractivity contribution in [1.29, 1.82) is 0 Å². The van der Waals surface area contributed by atoms with Gasteiger partial charge in [0.05, 0.1) is 0 Å². The molecule has 0 aromatic heterocycles. The van der Waals surface area contributed by atoms with Gasteiger partial charge in [0.2, 0.25) is 0 Å². The average Bonchev–Trinajstić information content (AvgIpc) is 3.43. The molecule has 0 heterocycles. The summed E-state index contributed by atoms with van der Waals surface area (Å²) in [5.41, 5.74) is 0. The largest absolute Gasteiger partial charge is 0.462 e. The molecule has 0 radical (unpaired) electrons. The van der Waals surface area contributed by atoms with Crippen LogP contribution in [0.1, 0.15) is 316 Å². The molecule has 6 heteroatoms. The lowest BCUT2D eigenvalue weighted by atomic mass is 10.0. The maximum absolute atomic E-state index is 12.9. The van der Waals surface area contributed by atoms with Crippen LogP contribution in [-0.4, -0.2) is 37.2 Å². The van der Waals surface area contributed by atoms with Crippen LogP contribution in [0.4, 0.5) is 0 Å². The third-order valence-electron chi connectivity index (χ3n) is 14.1. The highest BCUT2D eigenvalue weighted by Gasteiger charge is 2.19. The Bertz CT molecular complexity index is 1510. The van der Waals surface area contributed by atoms with Gasteiger partial charge in [-0.15, -0.1) is 0 Å². The fourth-order valence-corrected chi connectivity index (χ4v) is 9.18. The van der Waals surface area contributed by atoms with Gasteiger partial charge in [-0.05, 0) is 103 Å². The van der Waals surface area contributed by atoms with Crippen molar-refractivity contribution in [3.05, 3.63) is 97.2 Å². The van der Waals surface area contributed by atoms with E-state index in [1.807, 2.05) is 0 Å². The van der Waals surface area contributed by atoms with Crippen LogP contribution in [0.25, 0.3) is 0 Å². The lowest BCUT2D eigenvalue weighted by Gasteiger charge is -2.18. The first-order valence-corrected chi connectivity index (χ1v) is 32.7. The first-order chi connectivity index (χ1) is 38.0. The summed E-state index contributed by atoms with van der Waals surface area (Å²) in [4.78, 5) is 38.3. The second kappa shape index (κ2) is 64.9. The van der Waals surface area contributed by atoms with Gasteiger partial charge in [-0.3, -0.25) is 14.4 Å². The minimum atomic E-state index is -0.797. The molecule has 0 saturated heterocycles.